The first-order valence-electron chi connectivity index (χ1n) is 5.66. The predicted molar refractivity (Wildman–Crippen MR) is 61.8 cm³/mol. The van der Waals surface area contributed by atoms with Gasteiger partial charge in [-0.15, -0.1) is 0 Å². The molecule has 6 heteroatoms. The first kappa shape index (κ1) is 12.3. The Labute approximate surface area is 103 Å². The number of aromatic nitrogens is 1. The number of halogens is 1. The van der Waals surface area contributed by atoms with Crippen LogP contribution in [0.5, 0.6) is 0 Å². The van der Waals surface area contributed by atoms with E-state index >= 15 is 0 Å². The zero-order chi connectivity index (χ0) is 13.1. The number of carbonyl (C=O) groups is 1. The molecule has 1 N–H and O–H groups in total. The van der Waals surface area contributed by atoms with Gasteiger partial charge in [0.15, 0.2) is 0 Å². The summed E-state index contributed by atoms with van der Waals surface area (Å²) in [5.41, 5.74) is -0.153. The standard InChI is InChI=1S/C12H12FN3O2/c13-8-6-10(12(17)18)11(15-7-8)16(5-1-4-14)9-2-3-9/h6-7,9H,1-3,5H2,(H,17,18). The van der Waals surface area contributed by atoms with E-state index in [0.29, 0.717) is 6.54 Å². The van der Waals surface area contributed by atoms with E-state index in [4.69, 9.17) is 10.4 Å². The van der Waals surface area contributed by atoms with Crippen LogP contribution in [-0.4, -0.2) is 28.6 Å². The number of carboxylic acid groups (broad SMARTS) is 1. The Kier molecular flexibility index (Phi) is 3.42. The van der Waals surface area contributed by atoms with E-state index in [-0.39, 0.29) is 23.8 Å². The van der Waals surface area contributed by atoms with Crippen molar-refractivity contribution in [2.75, 3.05) is 11.4 Å². The molecule has 0 aliphatic heterocycles. The minimum Gasteiger partial charge on any atom is -0.478 e. The van der Waals surface area contributed by atoms with Gasteiger partial charge in [-0.1, -0.05) is 0 Å². The predicted octanol–water partition coefficient (Wildman–Crippen LogP) is 1.80. The molecule has 0 radical (unpaired) electrons. The molecule has 1 heterocycles. The third kappa shape index (κ3) is 2.56. The number of carboxylic acids is 1. The lowest BCUT2D eigenvalue weighted by molar-refractivity contribution is 0.0696. The molecule has 1 aliphatic rings. The summed E-state index contributed by atoms with van der Waals surface area (Å²) in [6.07, 6.45) is 3.19. The van der Waals surface area contributed by atoms with E-state index in [1.54, 1.807) is 4.90 Å². The topological polar surface area (TPSA) is 77.2 Å². The average Bonchev–Trinajstić information content (AvgIpc) is 3.15. The van der Waals surface area contributed by atoms with Gasteiger partial charge in [0, 0.05) is 12.6 Å². The fourth-order valence-electron chi connectivity index (χ4n) is 1.84. The zero-order valence-corrected chi connectivity index (χ0v) is 9.64. The lowest BCUT2D eigenvalue weighted by Crippen LogP contribution is -2.29. The molecule has 0 unspecified atom stereocenters. The van der Waals surface area contributed by atoms with Gasteiger partial charge < -0.3 is 10.0 Å². The summed E-state index contributed by atoms with van der Waals surface area (Å²) in [5, 5.41) is 17.7. The van der Waals surface area contributed by atoms with Crippen LogP contribution >= 0.6 is 0 Å². The molecule has 5 nitrogen and oxygen atoms in total. The van der Waals surface area contributed by atoms with Gasteiger partial charge in [0.2, 0.25) is 0 Å². The first-order valence-corrected chi connectivity index (χ1v) is 5.66. The molecule has 0 bridgehead atoms. The Morgan fingerprint density at radius 2 is 2.39 bits per heavy atom. The lowest BCUT2D eigenvalue weighted by Gasteiger charge is -2.23. The van der Waals surface area contributed by atoms with Crippen molar-refractivity contribution in [2.45, 2.75) is 25.3 Å². The molecule has 1 fully saturated rings. The second kappa shape index (κ2) is 5.00. The molecule has 1 aromatic heterocycles. The molecule has 94 valence electrons. The van der Waals surface area contributed by atoms with Gasteiger partial charge in [0.25, 0.3) is 0 Å². The van der Waals surface area contributed by atoms with Crippen LogP contribution in [0.25, 0.3) is 0 Å². The minimum atomic E-state index is -1.21. The summed E-state index contributed by atoms with van der Waals surface area (Å²) >= 11 is 0. The van der Waals surface area contributed by atoms with Gasteiger partial charge in [0.05, 0.1) is 18.7 Å². The van der Waals surface area contributed by atoms with Crippen LogP contribution in [0, 0.1) is 17.1 Å². The molecule has 1 aromatic rings. The average molecular weight is 249 g/mol. The van der Waals surface area contributed by atoms with Gasteiger partial charge in [-0.3, -0.25) is 0 Å². The molecule has 1 aliphatic carbocycles. The van der Waals surface area contributed by atoms with Crippen molar-refractivity contribution in [3.63, 3.8) is 0 Å². The highest BCUT2D eigenvalue weighted by molar-refractivity contribution is 5.93. The van der Waals surface area contributed by atoms with Gasteiger partial charge in [0.1, 0.15) is 17.2 Å². The Morgan fingerprint density at radius 3 is 2.94 bits per heavy atom. The second-order valence-electron chi connectivity index (χ2n) is 4.16. The zero-order valence-electron chi connectivity index (χ0n) is 9.64. The Morgan fingerprint density at radius 1 is 1.67 bits per heavy atom. The third-order valence-corrected chi connectivity index (χ3v) is 2.79. The van der Waals surface area contributed by atoms with Gasteiger partial charge in [-0.05, 0) is 18.9 Å². The van der Waals surface area contributed by atoms with Crippen molar-refractivity contribution < 1.29 is 14.3 Å². The maximum atomic E-state index is 13.0. The summed E-state index contributed by atoms with van der Waals surface area (Å²) < 4.78 is 13.0. The Bertz CT molecular complexity index is 509. The number of rotatable bonds is 5. The molecular weight excluding hydrogens is 237 g/mol. The summed E-state index contributed by atoms with van der Waals surface area (Å²) in [7, 11) is 0. The first-order chi connectivity index (χ1) is 8.63. The number of hydrogen-bond acceptors (Lipinski definition) is 4. The molecule has 0 spiro atoms. The van der Waals surface area contributed by atoms with E-state index in [9.17, 15) is 9.18 Å². The van der Waals surface area contributed by atoms with Crippen LogP contribution in [0.1, 0.15) is 29.6 Å². The Hall–Kier alpha value is -2.16. The van der Waals surface area contributed by atoms with Crippen molar-refractivity contribution in [1.29, 1.82) is 5.26 Å². The number of aromatic carboxylic acids is 1. The maximum Gasteiger partial charge on any atom is 0.339 e. The third-order valence-electron chi connectivity index (χ3n) is 2.79. The highest BCUT2D eigenvalue weighted by Gasteiger charge is 2.32. The largest absolute Gasteiger partial charge is 0.478 e. The summed E-state index contributed by atoms with van der Waals surface area (Å²) in [6.45, 7) is 0.417. The van der Waals surface area contributed by atoms with Crippen LogP contribution in [0.4, 0.5) is 10.2 Å². The molecule has 18 heavy (non-hydrogen) atoms. The van der Waals surface area contributed by atoms with Gasteiger partial charge >= 0.3 is 5.97 Å². The van der Waals surface area contributed by atoms with Crippen LogP contribution < -0.4 is 4.90 Å². The van der Waals surface area contributed by atoms with Crippen molar-refractivity contribution in [3.05, 3.63) is 23.6 Å². The van der Waals surface area contributed by atoms with Crippen LogP contribution in [0.3, 0.4) is 0 Å². The molecule has 2 rings (SSSR count). The maximum absolute atomic E-state index is 13.0. The van der Waals surface area contributed by atoms with Crippen molar-refractivity contribution in [1.82, 2.24) is 4.98 Å². The SMILES string of the molecule is N#CCCN(c1ncc(F)cc1C(=O)O)C1CC1. The number of nitrogens with zero attached hydrogens (tertiary/aromatic N) is 3. The number of anilines is 1. The summed E-state index contributed by atoms with van der Waals surface area (Å²) in [5.74, 6) is -1.63. The summed E-state index contributed by atoms with van der Waals surface area (Å²) in [4.78, 5) is 16.8. The van der Waals surface area contributed by atoms with Gasteiger partial charge in [-0.2, -0.15) is 5.26 Å². The smallest absolute Gasteiger partial charge is 0.339 e. The van der Waals surface area contributed by atoms with E-state index in [2.05, 4.69) is 4.98 Å². The number of pyridine rings is 1. The lowest BCUT2D eigenvalue weighted by atomic mass is 10.2. The molecular formula is C12H12FN3O2. The molecule has 0 atom stereocenters. The quantitative estimate of drug-likeness (QED) is 0.860. The highest BCUT2D eigenvalue weighted by atomic mass is 19.1. The van der Waals surface area contributed by atoms with Crippen LogP contribution in [0.15, 0.2) is 12.3 Å². The van der Waals surface area contributed by atoms with Crippen molar-refractivity contribution in [2.24, 2.45) is 0 Å². The van der Waals surface area contributed by atoms with Crippen molar-refractivity contribution >= 4 is 11.8 Å². The van der Waals surface area contributed by atoms with E-state index < -0.39 is 11.8 Å². The molecule has 0 saturated heterocycles. The fraction of sp³-hybridized carbons (Fsp3) is 0.417. The second-order valence-corrected chi connectivity index (χ2v) is 4.16. The minimum absolute atomic E-state index is 0.153. The monoisotopic (exact) mass is 249 g/mol. The highest BCUT2D eigenvalue weighted by Crippen LogP contribution is 2.32. The van der Waals surface area contributed by atoms with Crippen molar-refractivity contribution in [3.8, 4) is 6.07 Å². The normalized spacial score (nSPS) is 14.0. The fourth-order valence-corrected chi connectivity index (χ4v) is 1.84. The number of nitriles is 1. The van der Waals surface area contributed by atoms with Crippen LogP contribution in [0.2, 0.25) is 0 Å². The van der Waals surface area contributed by atoms with E-state index in [1.165, 1.54) is 0 Å². The Balaban J connectivity index is 2.34. The molecule has 1 saturated carbocycles. The van der Waals surface area contributed by atoms with Crippen LogP contribution in [-0.2, 0) is 0 Å². The van der Waals surface area contributed by atoms with E-state index in [0.717, 1.165) is 25.1 Å². The number of hydrogen-bond donors (Lipinski definition) is 1. The molecule has 0 amide bonds. The summed E-state index contributed by atoms with van der Waals surface area (Å²) in [6, 6.07) is 3.20. The van der Waals surface area contributed by atoms with E-state index in [1.807, 2.05) is 6.07 Å². The molecule has 0 aromatic carbocycles. The van der Waals surface area contributed by atoms with Gasteiger partial charge in [-0.25, -0.2) is 14.2 Å².